The summed E-state index contributed by atoms with van der Waals surface area (Å²) in [7, 11) is 0. The van der Waals surface area contributed by atoms with E-state index in [0.29, 0.717) is 12.3 Å². The van der Waals surface area contributed by atoms with Gasteiger partial charge in [-0.25, -0.2) is 4.79 Å². The van der Waals surface area contributed by atoms with E-state index >= 15 is 0 Å². The highest BCUT2D eigenvalue weighted by Gasteiger charge is 2.22. The third kappa shape index (κ3) is 9.05. The summed E-state index contributed by atoms with van der Waals surface area (Å²) < 4.78 is 5.55. The Balaban J connectivity index is 1.39. The van der Waals surface area contributed by atoms with E-state index in [9.17, 15) is 14.7 Å². The summed E-state index contributed by atoms with van der Waals surface area (Å²) >= 11 is 0. The van der Waals surface area contributed by atoms with Gasteiger partial charge in [0, 0.05) is 28.7 Å². The van der Waals surface area contributed by atoms with Gasteiger partial charge < -0.3 is 14.7 Å². The maximum Gasteiger partial charge on any atom is 0.338 e. The number of para-hydroxylation sites is 2. The topological polar surface area (TPSA) is 66.8 Å². The average Bonchev–Trinajstić information content (AvgIpc) is 3.04. The smallest absolute Gasteiger partial charge is 0.338 e. The number of rotatable bonds is 17. The van der Waals surface area contributed by atoms with E-state index in [4.69, 9.17) is 4.74 Å². The van der Waals surface area contributed by atoms with Gasteiger partial charge in [-0.3, -0.25) is 4.79 Å². The summed E-state index contributed by atoms with van der Waals surface area (Å²) in [6.45, 7) is 2.56. The Hall–Kier alpha value is -4.38. The van der Waals surface area contributed by atoms with E-state index in [1.54, 1.807) is 42.5 Å². The summed E-state index contributed by atoms with van der Waals surface area (Å²) in [5, 5.41) is 11.0. The first kappa shape index (κ1) is 31.6. The monoisotopic (exact) mass is 577 g/mol. The number of ether oxygens (including phenoxy) is 1. The van der Waals surface area contributed by atoms with Gasteiger partial charge in [-0.1, -0.05) is 119 Å². The Morgan fingerprint density at radius 3 is 1.65 bits per heavy atom. The molecular formula is C38H43NO4. The highest BCUT2D eigenvalue weighted by Crippen LogP contribution is 2.37. The van der Waals surface area contributed by atoms with Crippen molar-refractivity contribution in [2.24, 2.45) is 0 Å². The van der Waals surface area contributed by atoms with Crippen molar-refractivity contribution in [1.82, 2.24) is 0 Å². The fraction of sp³-hybridized carbons (Fsp3) is 0.316. The van der Waals surface area contributed by atoms with Gasteiger partial charge in [0.1, 0.15) is 5.75 Å². The van der Waals surface area contributed by atoms with Crippen LogP contribution in [0.15, 0.2) is 103 Å². The van der Waals surface area contributed by atoms with Crippen LogP contribution in [0.1, 0.15) is 97.4 Å². The molecule has 4 aromatic rings. The number of aromatic hydroxyl groups is 1. The number of unbranched alkanes of at least 4 members (excludes halogenated alkanes) is 9. The van der Waals surface area contributed by atoms with E-state index in [1.165, 1.54) is 44.9 Å². The van der Waals surface area contributed by atoms with E-state index < -0.39 is 11.8 Å². The van der Waals surface area contributed by atoms with Crippen molar-refractivity contribution in [2.45, 2.75) is 71.1 Å². The molecule has 5 heteroatoms. The van der Waals surface area contributed by atoms with E-state index in [2.05, 4.69) is 6.92 Å². The molecule has 0 radical (unpaired) electrons. The third-order valence-corrected chi connectivity index (χ3v) is 7.64. The number of carbonyl (C=O) groups excluding carboxylic acids is 2. The Kier molecular flexibility index (Phi) is 12.4. The third-order valence-electron chi connectivity index (χ3n) is 7.64. The van der Waals surface area contributed by atoms with Gasteiger partial charge in [0.15, 0.2) is 5.78 Å². The van der Waals surface area contributed by atoms with Crippen molar-refractivity contribution < 1.29 is 19.4 Å². The predicted molar refractivity (Wildman–Crippen MR) is 175 cm³/mol. The fourth-order valence-electron chi connectivity index (χ4n) is 5.29. The van der Waals surface area contributed by atoms with Gasteiger partial charge in [0.2, 0.25) is 0 Å². The summed E-state index contributed by atoms with van der Waals surface area (Å²) in [4.78, 5) is 28.6. The molecule has 0 heterocycles. The SMILES string of the molecule is CCCCCCCCCCCCOC(=O)c1ccccc1C(=O)c1ccc(N(c2ccccc2)c2ccccc2)cc1O. The molecule has 1 N–H and O–H groups in total. The number of anilines is 3. The number of nitrogens with zero attached hydrogens (tertiary/aromatic N) is 1. The molecule has 0 spiro atoms. The summed E-state index contributed by atoms with van der Waals surface area (Å²) in [6, 6.07) is 31.3. The highest BCUT2D eigenvalue weighted by molar-refractivity contribution is 6.15. The van der Waals surface area contributed by atoms with Gasteiger partial charge in [-0.15, -0.1) is 0 Å². The maximum absolute atomic E-state index is 13.6. The molecule has 43 heavy (non-hydrogen) atoms. The van der Waals surface area contributed by atoms with Gasteiger partial charge in [0.05, 0.1) is 17.7 Å². The Bertz CT molecular complexity index is 1400. The Morgan fingerprint density at radius 1 is 0.581 bits per heavy atom. The summed E-state index contributed by atoms with van der Waals surface area (Å²) in [5.41, 5.74) is 3.08. The second-order valence-electron chi connectivity index (χ2n) is 10.9. The zero-order valence-electron chi connectivity index (χ0n) is 25.2. The molecule has 0 unspecified atom stereocenters. The van der Waals surface area contributed by atoms with Crippen LogP contribution in [0.3, 0.4) is 0 Å². The van der Waals surface area contributed by atoms with E-state index in [-0.39, 0.29) is 22.4 Å². The number of hydrogen-bond acceptors (Lipinski definition) is 5. The number of esters is 1. The van der Waals surface area contributed by atoms with Crippen LogP contribution in [-0.2, 0) is 4.74 Å². The first-order valence-electron chi connectivity index (χ1n) is 15.6. The normalized spacial score (nSPS) is 10.8. The van der Waals surface area contributed by atoms with Crippen LogP contribution in [0.5, 0.6) is 5.75 Å². The fourth-order valence-corrected chi connectivity index (χ4v) is 5.29. The number of benzene rings is 4. The van der Waals surface area contributed by atoms with Gasteiger partial charge in [-0.2, -0.15) is 0 Å². The molecule has 0 aromatic heterocycles. The second-order valence-corrected chi connectivity index (χ2v) is 10.9. The average molecular weight is 578 g/mol. The van der Waals surface area contributed by atoms with Gasteiger partial charge in [0.25, 0.3) is 0 Å². The van der Waals surface area contributed by atoms with Crippen molar-refractivity contribution in [2.75, 3.05) is 11.5 Å². The molecule has 224 valence electrons. The standard InChI is InChI=1S/C38H43NO4/c1-2-3-4-5-6-7-8-9-10-19-28-43-38(42)34-25-18-17-24-33(34)37(41)35-27-26-32(29-36(35)40)39(30-20-13-11-14-21-30)31-22-15-12-16-23-31/h11-18,20-27,29,40H,2-10,19,28H2,1H3. The molecule has 5 nitrogen and oxygen atoms in total. The lowest BCUT2D eigenvalue weighted by atomic mass is 9.97. The molecule has 0 saturated heterocycles. The second kappa shape index (κ2) is 16.9. The van der Waals surface area contributed by atoms with Crippen molar-refractivity contribution in [3.8, 4) is 5.75 Å². The largest absolute Gasteiger partial charge is 0.507 e. The molecular weight excluding hydrogens is 534 g/mol. The Labute approximate surface area is 256 Å². The molecule has 0 amide bonds. The summed E-state index contributed by atoms with van der Waals surface area (Å²) in [6.07, 6.45) is 12.0. The van der Waals surface area contributed by atoms with Crippen LogP contribution in [0.2, 0.25) is 0 Å². The minimum atomic E-state index is -0.518. The minimum absolute atomic E-state index is 0.125. The molecule has 0 saturated carbocycles. The number of phenolic OH excluding ortho intramolecular Hbond substituents is 1. The van der Waals surface area contributed by atoms with Crippen LogP contribution in [0.25, 0.3) is 0 Å². The molecule has 0 aliphatic rings. The zero-order chi connectivity index (χ0) is 30.3. The van der Waals surface area contributed by atoms with Gasteiger partial charge >= 0.3 is 5.97 Å². The number of hydrogen-bond donors (Lipinski definition) is 1. The van der Waals surface area contributed by atoms with Crippen molar-refractivity contribution in [3.05, 3.63) is 120 Å². The lowest BCUT2D eigenvalue weighted by Crippen LogP contribution is -2.14. The quantitative estimate of drug-likeness (QED) is 0.0768. The Morgan fingerprint density at radius 2 is 1.09 bits per heavy atom. The molecule has 4 aromatic carbocycles. The van der Waals surface area contributed by atoms with Crippen molar-refractivity contribution >= 4 is 28.8 Å². The van der Waals surface area contributed by atoms with Crippen LogP contribution < -0.4 is 4.90 Å². The first-order valence-corrected chi connectivity index (χ1v) is 15.6. The van der Waals surface area contributed by atoms with Crippen LogP contribution in [0, 0.1) is 0 Å². The lowest BCUT2D eigenvalue weighted by Gasteiger charge is -2.25. The molecule has 0 atom stereocenters. The predicted octanol–water partition coefficient (Wildman–Crippen LogP) is 10.2. The molecule has 4 rings (SSSR count). The first-order chi connectivity index (χ1) is 21.1. The van der Waals surface area contributed by atoms with Crippen LogP contribution in [0.4, 0.5) is 17.1 Å². The molecule has 0 aliphatic heterocycles. The van der Waals surface area contributed by atoms with E-state index in [0.717, 1.165) is 30.6 Å². The number of carbonyl (C=O) groups is 2. The maximum atomic E-state index is 13.6. The lowest BCUT2D eigenvalue weighted by molar-refractivity contribution is 0.0495. The number of phenols is 1. The molecule has 0 bridgehead atoms. The van der Waals surface area contributed by atoms with Crippen LogP contribution in [-0.4, -0.2) is 23.5 Å². The number of ketones is 1. The van der Waals surface area contributed by atoms with Gasteiger partial charge in [-0.05, 0) is 48.9 Å². The zero-order valence-corrected chi connectivity index (χ0v) is 25.2. The van der Waals surface area contributed by atoms with Crippen molar-refractivity contribution in [3.63, 3.8) is 0 Å². The molecule has 0 aliphatic carbocycles. The highest BCUT2D eigenvalue weighted by atomic mass is 16.5. The molecule has 0 fully saturated rings. The van der Waals surface area contributed by atoms with E-state index in [1.807, 2.05) is 65.6 Å². The summed E-state index contributed by atoms with van der Waals surface area (Å²) in [5.74, 6) is -1.11. The minimum Gasteiger partial charge on any atom is -0.507 e. The van der Waals surface area contributed by atoms with Crippen molar-refractivity contribution in [1.29, 1.82) is 0 Å². The van der Waals surface area contributed by atoms with Crippen LogP contribution >= 0.6 is 0 Å².